The largest absolute Gasteiger partial charge is 0.354 e. The van der Waals surface area contributed by atoms with Crippen molar-refractivity contribution in [1.29, 1.82) is 0 Å². The summed E-state index contributed by atoms with van der Waals surface area (Å²) in [5.74, 6) is -0.832. The molecule has 2 aromatic carbocycles. The molecule has 0 aliphatic rings. The molecule has 0 aliphatic carbocycles. The minimum atomic E-state index is -3.78. The molecule has 2 aromatic rings. The molecule has 192 valence electrons. The van der Waals surface area contributed by atoms with Crippen molar-refractivity contribution in [3.63, 3.8) is 0 Å². The number of sulfonamides is 1. The summed E-state index contributed by atoms with van der Waals surface area (Å²) >= 11 is 12.2. The van der Waals surface area contributed by atoms with E-state index < -0.39 is 28.5 Å². The number of aryl methyl sites for hydroxylation is 2. The third-order valence-corrected chi connectivity index (χ3v) is 7.67. The lowest BCUT2D eigenvalue weighted by Crippen LogP contribution is -2.51. The van der Waals surface area contributed by atoms with Gasteiger partial charge in [0.2, 0.25) is 21.8 Å². The summed E-state index contributed by atoms with van der Waals surface area (Å²) in [6.45, 7) is 7.54. The van der Waals surface area contributed by atoms with Crippen LogP contribution in [0, 0.1) is 13.8 Å². The first kappa shape index (κ1) is 28.9. The van der Waals surface area contributed by atoms with E-state index >= 15 is 0 Å². The van der Waals surface area contributed by atoms with Gasteiger partial charge in [-0.1, -0.05) is 48.7 Å². The van der Waals surface area contributed by atoms with Crippen molar-refractivity contribution in [2.75, 3.05) is 23.7 Å². The van der Waals surface area contributed by atoms with Gasteiger partial charge in [-0.2, -0.15) is 0 Å². The Kier molecular flexibility index (Phi) is 10.4. The second-order valence-electron chi connectivity index (χ2n) is 8.63. The van der Waals surface area contributed by atoms with Crippen LogP contribution in [0.5, 0.6) is 0 Å². The number of halogens is 2. The topological polar surface area (TPSA) is 86.8 Å². The van der Waals surface area contributed by atoms with E-state index in [0.29, 0.717) is 27.8 Å². The van der Waals surface area contributed by atoms with Gasteiger partial charge in [0.15, 0.2) is 0 Å². The van der Waals surface area contributed by atoms with Gasteiger partial charge in [0.05, 0.1) is 22.0 Å². The van der Waals surface area contributed by atoms with Crippen LogP contribution in [0.15, 0.2) is 36.4 Å². The van der Waals surface area contributed by atoms with E-state index in [4.69, 9.17) is 23.2 Å². The van der Waals surface area contributed by atoms with E-state index in [0.717, 1.165) is 34.5 Å². The van der Waals surface area contributed by atoms with E-state index in [2.05, 4.69) is 5.32 Å². The van der Waals surface area contributed by atoms with E-state index in [1.807, 2.05) is 26.8 Å². The van der Waals surface area contributed by atoms with Crippen LogP contribution in [0.25, 0.3) is 0 Å². The molecule has 2 amide bonds. The second-order valence-corrected chi connectivity index (χ2v) is 11.4. The molecule has 35 heavy (non-hydrogen) atoms. The van der Waals surface area contributed by atoms with Gasteiger partial charge in [0.1, 0.15) is 12.6 Å². The third kappa shape index (κ3) is 8.12. The summed E-state index contributed by atoms with van der Waals surface area (Å²) in [4.78, 5) is 27.7. The first-order valence-corrected chi connectivity index (χ1v) is 14.0. The maximum Gasteiger partial charge on any atom is 0.244 e. The monoisotopic (exact) mass is 541 g/mol. The van der Waals surface area contributed by atoms with Crippen LogP contribution in [0.4, 0.5) is 5.69 Å². The minimum Gasteiger partial charge on any atom is -0.354 e. The normalized spacial score (nSPS) is 12.2. The average molecular weight is 543 g/mol. The molecule has 2 rings (SSSR count). The van der Waals surface area contributed by atoms with Gasteiger partial charge in [0.25, 0.3) is 0 Å². The Hall–Kier alpha value is -2.29. The fraction of sp³-hybridized carbons (Fsp3) is 0.440. The number of rotatable bonds is 11. The van der Waals surface area contributed by atoms with Crippen LogP contribution in [-0.4, -0.2) is 50.5 Å². The molecule has 1 atom stereocenters. The van der Waals surface area contributed by atoms with Crippen LogP contribution in [0.2, 0.25) is 10.0 Å². The van der Waals surface area contributed by atoms with Gasteiger partial charge in [-0.05, 0) is 68.1 Å². The van der Waals surface area contributed by atoms with E-state index in [1.165, 1.54) is 4.90 Å². The molecule has 0 radical (unpaired) electrons. The molecular weight excluding hydrogens is 509 g/mol. The molecule has 0 bridgehead atoms. The van der Waals surface area contributed by atoms with Gasteiger partial charge in [0, 0.05) is 13.1 Å². The number of unbranched alkanes of at least 4 members (excludes halogenated alkanes) is 1. The SMILES string of the molecule is CCCCNC(=O)C(C)N(Cc1ccc(Cl)c(Cl)c1)C(=O)CN(c1ccc(C)c(C)c1)S(C)(=O)=O. The summed E-state index contributed by atoms with van der Waals surface area (Å²) in [5, 5.41) is 3.54. The minimum absolute atomic E-state index is 0.0581. The standard InChI is InChI=1S/C25H33Cl2N3O4S/c1-6-7-12-28-25(32)19(4)29(15-20-9-11-22(26)23(27)14-20)24(31)16-30(35(5,33)34)21-10-8-17(2)18(3)13-21/h8-11,13-14,19H,6-7,12,15-16H2,1-5H3,(H,28,32). The first-order valence-electron chi connectivity index (χ1n) is 11.4. The lowest BCUT2D eigenvalue weighted by atomic mass is 10.1. The molecule has 0 heterocycles. The number of nitrogens with one attached hydrogen (secondary N) is 1. The van der Waals surface area contributed by atoms with Gasteiger partial charge in [-0.15, -0.1) is 0 Å². The van der Waals surface area contributed by atoms with Gasteiger partial charge < -0.3 is 10.2 Å². The third-order valence-electron chi connectivity index (χ3n) is 5.79. The van der Waals surface area contributed by atoms with Crippen molar-refractivity contribution >= 4 is 50.7 Å². The van der Waals surface area contributed by atoms with E-state index in [9.17, 15) is 18.0 Å². The molecular formula is C25H33Cl2N3O4S. The Balaban J connectivity index is 2.39. The van der Waals surface area contributed by atoms with Crippen molar-refractivity contribution in [2.24, 2.45) is 0 Å². The Morgan fingerprint density at radius 2 is 1.71 bits per heavy atom. The summed E-state index contributed by atoms with van der Waals surface area (Å²) in [6.07, 6.45) is 2.79. The van der Waals surface area contributed by atoms with Crippen LogP contribution >= 0.6 is 23.2 Å². The van der Waals surface area contributed by atoms with Gasteiger partial charge in [-0.25, -0.2) is 8.42 Å². The number of amides is 2. The van der Waals surface area contributed by atoms with E-state index in [1.54, 1.807) is 37.3 Å². The van der Waals surface area contributed by atoms with E-state index in [-0.39, 0.29) is 12.5 Å². The number of hydrogen-bond donors (Lipinski definition) is 1. The average Bonchev–Trinajstić information content (AvgIpc) is 2.78. The van der Waals surface area contributed by atoms with Crippen LogP contribution < -0.4 is 9.62 Å². The fourth-order valence-electron chi connectivity index (χ4n) is 3.45. The Morgan fingerprint density at radius 3 is 2.29 bits per heavy atom. The van der Waals surface area contributed by atoms with Crippen molar-refractivity contribution in [1.82, 2.24) is 10.2 Å². The van der Waals surface area contributed by atoms with Crippen LogP contribution in [-0.2, 0) is 26.2 Å². The van der Waals surface area contributed by atoms with Gasteiger partial charge in [-0.3, -0.25) is 13.9 Å². The highest BCUT2D eigenvalue weighted by Gasteiger charge is 2.30. The van der Waals surface area contributed by atoms with Crippen molar-refractivity contribution in [2.45, 2.75) is 53.1 Å². The van der Waals surface area contributed by atoms with Crippen molar-refractivity contribution in [3.05, 3.63) is 63.1 Å². The molecule has 0 aliphatic heterocycles. The molecule has 1 N–H and O–H groups in total. The van der Waals surface area contributed by atoms with Crippen molar-refractivity contribution in [3.8, 4) is 0 Å². The highest BCUT2D eigenvalue weighted by Crippen LogP contribution is 2.25. The number of nitrogens with zero attached hydrogens (tertiary/aromatic N) is 2. The lowest BCUT2D eigenvalue weighted by Gasteiger charge is -2.31. The molecule has 10 heteroatoms. The maximum atomic E-state index is 13.5. The molecule has 1 unspecified atom stereocenters. The predicted octanol–water partition coefficient (Wildman–Crippen LogP) is 4.71. The van der Waals surface area contributed by atoms with Gasteiger partial charge >= 0.3 is 0 Å². The molecule has 0 saturated carbocycles. The van der Waals surface area contributed by atoms with Crippen LogP contribution in [0.3, 0.4) is 0 Å². The summed E-state index contributed by atoms with van der Waals surface area (Å²) in [6, 6.07) is 9.33. The fourth-order valence-corrected chi connectivity index (χ4v) is 4.61. The zero-order valence-corrected chi connectivity index (χ0v) is 23.1. The lowest BCUT2D eigenvalue weighted by molar-refractivity contribution is -0.139. The zero-order valence-electron chi connectivity index (χ0n) is 20.8. The van der Waals surface area contributed by atoms with Crippen molar-refractivity contribution < 1.29 is 18.0 Å². The van der Waals surface area contributed by atoms with Crippen LogP contribution in [0.1, 0.15) is 43.4 Å². The molecule has 0 fully saturated rings. The maximum absolute atomic E-state index is 13.5. The summed E-state index contributed by atoms with van der Waals surface area (Å²) in [7, 11) is -3.78. The second kappa shape index (κ2) is 12.6. The Bertz CT molecular complexity index is 1170. The number of hydrogen-bond acceptors (Lipinski definition) is 4. The molecule has 0 spiro atoms. The first-order chi connectivity index (χ1) is 16.3. The summed E-state index contributed by atoms with van der Waals surface area (Å²) in [5.41, 5.74) is 2.96. The highest BCUT2D eigenvalue weighted by atomic mass is 35.5. The molecule has 0 aromatic heterocycles. The quantitative estimate of drug-likeness (QED) is 0.417. The number of benzene rings is 2. The highest BCUT2D eigenvalue weighted by molar-refractivity contribution is 7.92. The molecule has 0 saturated heterocycles. The smallest absolute Gasteiger partial charge is 0.244 e. The number of carbonyl (C=O) groups excluding carboxylic acids is 2. The summed E-state index contributed by atoms with van der Waals surface area (Å²) < 4.78 is 26.4. The predicted molar refractivity (Wildman–Crippen MR) is 142 cm³/mol. The Morgan fingerprint density at radius 1 is 1.03 bits per heavy atom. The molecule has 7 nitrogen and oxygen atoms in total. The zero-order chi connectivity index (χ0) is 26.3. The number of carbonyl (C=O) groups is 2. The Labute approximate surface area is 218 Å². The number of anilines is 1.